The van der Waals surface area contributed by atoms with Crippen molar-refractivity contribution in [2.45, 2.75) is 38.3 Å². The Morgan fingerprint density at radius 1 is 1.60 bits per heavy atom. The van der Waals surface area contributed by atoms with Gasteiger partial charge in [0.1, 0.15) is 0 Å². The minimum atomic E-state index is -0.648. The third-order valence-corrected chi connectivity index (χ3v) is 2.36. The lowest BCUT2D eigenvalue weighted by Gasteiger charge is -2.15. The van der Waals surface area contributed by atoms with Crippen LogP contribution in [0.2, 0.25) is 0 Å². The third-order valence-electron chi connectivity index (χ3n) is 2.36. The third kappa shape index (κ3) is 4.95. The zero-order chi connectivity index (χ0) is 11.1. The van der Waals surface area contributed by atoms with Crippen LogP contribution in [0.4, 0.5) is 0 Å². The molecule has 1 unspecified atom stereocenters. The Morgan fingerprint density at radius 3 is 2.87 bits per heavy atom. The van der Waals surface area contributed by atoms with Crippen LogP contribution in [0.25, 0.3) is 0 Å². The average molecular weight is 213 g/mol. The van der Waals surface area contributed by atoms with Gasteiger partial charge in [0.15, 0.2) is 0 Å². The zero-order valence-electron chi connectivity index (χ0n) is 9.11. The molecule has 0 aromatic carbocycles. The van der Waals surface area contributed by atoms with E-state index in [1.165, 1.54) is 0 Å². The number of nitrogens with one attached hydrogen (secondary N) is 1. The summed E-state index contributed by atoms with van der Waals surface area (Å²) in [5.41, 5.74) is 0. The van der Waals surface area contributed by atoms with Crippen molar-refractivity contribution in [2.75, 3.05) is 13.2 Å². The number of carbonyl (C=O) groups excluding carboxylic acids is 1. The van der Waals surface area contributed by atoms with E-state index >= 15 is 0 Å². The maximum atomic E-state index is 11.0. The molecule has 0 aromatic heterocycles. The summed E-state index contributed by atoms with van der Waals surface area (Å²) in [6.45, 7) is 2.57. The first-order valence-electron chi connectivity index (χ1n) is 5.44. The van der Waals surface area contributed by atoms with Gasteiger partial charge < -0.3 is 15.2 Å². The van der Waals surface area contributed by atoms with Gasteiger partial charge in [0.05, 0.1) is 19.1 Å². The Hall–Kier alpha value is -0.870. The van der Waals surface area contributed by atoms with Gasteiger partial charge in [-0.3, -0.25) is 4.79 Å². The molecule has 0 fully saturated rings. The van der Waals surface area contributed by atoms with E-state index in [-0.39, 0.29) is 12.4 Å². The largest absolute Gasteiger partial charge is 0.466 e. The number of hydrogen-bond acceptors (Lipinski definition) is 4. The van der Waals surface area contributed by atoms with Gasteiger partial charge in [0.2, 0.25) is 0 Å². The van der Waals surface area contributed by atoms with Gasteiger partial charge in [0.25, 0.3) is 0 Å². The number of rotatable bonds is 6. The molecule has 0 bridgehead atoms. The van der Waals surface area contributed by atoms with Gasteiger partial charge in [-0.15, -0.1) is 0 Å². The van der Waals surface area contributed by atoms with Crippen LogP contribution in [0.15, 0.2) is 12.2 Å². The first-order chi connectivity index (χ1) is 7.22. The monoisotopic (exact) mass is 213 g/mol. The Balaban J connectivity index is 2.07. The summed E-state index contributed by atoms with van der Waals surface area (Å²) in [5.74, 6) is -0.337. The van der Waals surface area contributed by atoms with Crippen LogP contribution in [0, 0.1) is 0 Å². The molecular formula is C11H19NO3. The zero-order valence-corrected chi connectivity index (χ0v) is 9.11. The highest BCUT2D eigenvalue weighted by molar-refractivity contribution is 5.69. The van der Waals surface area contributed by atoms with Gasteiger partial charge in [-0.25, -0.2) is 0 Å². The topological polar surface area (TPSA) is 58.6 Å². The van der Waals surface area contributed by atoms with E-state index < -0.39 is 6.10 Å². The fourth-order valence-electron chi connectivity index (χ4n) is 1.57. The molecule has 4 heteroatoms. The Morgan fingerprint density at radius 2 is 2.27 bits per heavy atom. The van der Waals surface area contributed by atoms with Crippen molar-refractivity contribution in [3.63, 3.8) is 0 Å². The highest BCUT2D eigenvalue weighted by atomic mass is 16.5. The standard InChI is InChI=1S/C11H19NO3/c1-2-15-11(14)7-10(13)8-12-9-5-3-4-6-9/h3-4,9-10,12-13H,2,5-8H2,1H3. The Labute approximate surface area is 90.3 Å². The van der Waals surface area contributed by atoms with Crippen LogP contribution in [-0.2, 0) is 9.53 Å². The van der Waals surface area contributed by atoms with E-state index in [0.717, 1.165) is 12.8 Å². The summed E-state index contributed by atoms with van der Waals surface area (Å²) in [6.07, 6.45) is 5.67. The molecule has 1 aliphatic rings. The first-order valence-corrected chi connectivity index (χ1v) is 5.44. The van der Waals surface area contributed by atoms with E-state index in [1.54, 1.807) is 6.92 Å². The van der Waals surface area contributed by atoms with E-state index in [9.17, 15) is 9.90 Å². The van der Waals surface area contributed by atoms with E-state index in [4.69, 9.17) is 4.74 Å². The highest BCUT2D eigenvalue weighted by Crippen LogP contribution is 2.09. The van der Waals surface area contributed by atoms with E-state index in [0.29, 0.717) is 19.2 Å². The van der Waals surface area contributed by atoms with E-state index in [2.05, 4.69) is 17.5 Å². The lowest BCUT2D eigenvalue weighted by atomic mass is 10.2. The molecule has 1 aliphatic carbocycles. The van der Waals surface area contributed by atoms with Crippen molar-refractivity contribution in [3.05, 3.63) is 12.2 Å². The lowest BCUT2D eigenvalue weighted by molar-refractivity contribution is -0.145. The van der Waals surface area contributed by atoms with Crippen LogP contribution in [-0.4, -0.2) is 36.4 Å². The molecule has 0 aromatic rings. The Kier molecular flexibility index (Phi) is 5.36. The summed E-state index contributed by atoms with van der Waals surface area (Å²) in [7, 11) is 0. The molecule has 86 valence electrons. The molecule has 0 amide bonds. The molecule has 0 spiro atoms. The minimum Gasteiger partial charge on any atom is -0.466 e. The van der Waals surface area contributed by atoms with Crippen LogP contribution >= 0.6 is 0 Å². The predicted molar refractivity (Wildman–Crippen MR) is 57.4 cm³/mol. The van der Waals surface area contributed by atoms with Gasteiger partial charge >= 0.3 is 5.97 Å². The van der Waals surface area contributed by atoms with Gasteiger partial charge in [-0.1, -0.05) is 12.2 Å². The summed E-state index contributed by atoms with van der Waals surface area (Å²) in [5, 5.41) is 12.7. The maximum Gasteiger partial charge on any atom is 0.308 e. The van der Waals surface area contributed by atoms with Gasteiger partial charge in [-0.05, 0) is 19.8 Å². The van der Waals surface area contributed by atoms with Crippen molar-refractivity contribution in [1.29, 1.82) is 0 Å². The number of aliphatic hydroxyl groups is 1. The second kappa shape index (κ2) is 6.58. The fraction of sp³-hybridized carbons (Fsp3) is 0.727. The minimum absolute atomic E-state index is 0.0704. The average Bonchev–Trinajstić information content (AvgIpc) is 2.67. The molecule has 0 saturated heterocycles. The van der Waals surface area contributed by atoms with Crippen LogP contribution in [0.1, 0.15) is 26.2 Å². The van der Waals surface area contributed by atoms with Crippen molar-refractivity contribution in [1.82, 2.24) is 5.32 Å². The van der Waals surface area contributed by atoms with Crippen molar-refractivity contribution >= 4 is 5.97 Å². The quantitative estimate of drug-likeness (QED) is 0.501. The molecule has 0 saturated carbocycles. The van der Waals surface area contributed by atoms with Gasteiger partial charge in [0, 0.05) is 12.6 Å². The number of hydrogen-bond donors (Lipinski definition) is 2. The summed E-state index contributed by atoms with van der Waals surface area (Å²) in [6, 6.07) is 0.418. The van der Waals surface area contributed by atoms with Crippen LogP contribution in [0.5, 0.6) is 0 Å². The SMILES string of the molecule is CCOC(=O)CC(O)CNC1CC=CC1. The van der Waals surface area contributed by atoms with Crippen LogP contribution < -0.4 is 5.32 Å². The van der Waals surface area contributed by atoms with Crippen LogP contribution in [0.3, 0.4) is 0 Å². The molecule has 0 radical (unpaired) electrons. The lowest BCUT2D eigenvalue weighted by Crippen LogP contribution is -2.35. The van der Waals surface area contributed by atoms with Crippen molar-refractivity contribution in [3.8, 4) is 0 Å². The van der Waals surface area contributed by atoms with Crippen molar-refractivity contribution in [2.24, 2.45) is 0 Å². The molecular weight excluding hydrogens is 194 g/mol. The molecule has 15 heavy (non-hydrogen) atoms. The number of carbonyl (C=O) groups is 1. The number of aliphatic hydroxyl groups excluding tert-OH is 1. The second-order valence-corrected chi connectivity index (χ2v) is 3.71. The number of ether oxygens (including phenoxy) is 1. The predicted octanol–water partition coefficient (Wildman–Crippen LogP) is 0.609. The van der Waals surface area contributed by atoms with E-state index in [1.807, 2.05) is 0 Å². The van der Waals surface area contributed by atoms with Crippen molar-refractivity contribution < 1.29 is 14.6 Å². The normalized spacial score (nSPS) is 18.0. The summed E-state index contributed by atoms with van der Waals surface area (Å²) < 4.78 is 4.75. The number of esters is 1. The molecule has 1 atom stereocenters. The summed E-state index contributed by atoms with van der Waals surface area (Å²) in [4.78, 5) is 11.0. The smallest absolute Gasteiger partial charge is 0.308 e. The Bertz CT molecular complexity index is 220. The maximum absolute atomic E-state index is 11.0. The molecule has 2 N–H and O–H groups in total. The molecule has 1 rings (SSSR count). The van der Waals surface area contributed by atoms with Gasteiger partial charge in [-0.2, -0.15) is 0 Å². The second-order valence-electron chi connectivity index (χ2n) is 3.71. The summed E-state index contributed by atoms with van der Waals surface area (Å²) >= 11 is 0. The molecule has 0 heterocycles. The first kappa shape index (κ1) is 12.2. The molecule has 0 aliphatic heterocycles. The fourth-order valence-corrected chi connectivity index (χ4v) is 1.57. The highest BCUT2D eigenvalue weighted by Gasteiger charge is 2.14. The molecule has 4 nitrogen and oxygen atoms in total.